The Bertz CT molecular complexity index is 524. The van der Waals surface area contributed by atoms with Gasteiger partial charge in [0.15, 0.2) is 6.23 Å². The molecular formula is C21H40N4O5. The number of hydrogen-bond acceptors (Lipinski definition) is 6. The van der Waals surface area contributed by atoms with Crippen LogP contribution in [0.5, 0.6) is 0 Å². The predicted octanol–water partition coefficient (Wildman–Crippen LogP) is 1.16. The van der Waals surface area contributed by atoms with Crippen molar-refractivity contribution >= 4 is 18.2 Å². The second-order valence-electron chi connectivity index (χ2n) is 7.00. The number of aliphatic hydroxyl groups excluding tert-OH is 2. The lowest BCUT2D eigenvalue weighted by Crippen LogP contribution is -2.46. The molecule has 9 nitrogen and oxygen atoms in total. The average Bonchev–Trinajstić information content (AvgIpc) is 2.75. The summed E-state index contributed by atoms with van der Waals surface area (Å²) in [4.78, 5) is 28.0. The maximum Gasteiger partial charge on any atom is 0.219 e. The first-order chi connectivity index (χ1) is 14.4. The lowest BCUT2D eigenvalue weighted by atomic mass is 10.1. The number of unbranched alkanes of at least 4 members (excludes halogenated alkanes) is 3. The van der Waals surface area contributed by atoms with Crippen LogP contribution in [0, 0.1) is 0 Å². The molecule has 0 aliphatic carbocycles. The molecule has 2 amide bonds. The number of nitrogens with one attached hydrogen (secondary N) is 2. The van der Waals surface area contributed by atoms with Crippen molar-refractivity contribution in [3.8, 4) is 0 Å². The molecule has 0 aromatic heterocycles. The lowest BCUT2D eigenvalue weighted by molar-refractivity contribution is -0.143. The second kappa shape index (κ2) is 17.9. The first kappa shape index (κ1) is 28.0. The number of aliphatic imine (C=N–C) groups is 1. The fourth-order valence-electron chi connectivity index (χ4n) is 2.79. The van der Waals surface area contributed by atoms with Crippen molar-refractivity contribution in [3.05, 3.63) is 12.3 Å². The Labute approximate surface area is 180 Å². The molecule has 174 valence electrons. The van der Waals surface area contributed by atoms with Gasteiger partial charge in [0, 0.05) is 39.9 Å². The van der Waals surface area contributed by atoms with Crippen LogP contribution >= 0.6 is 0 Å². The molecule has 0 saturated heterocycles. The van der Waals surface area contributed by atoms with E-state index >= 15 is 0 Å². The number of methoxy groups -OCH3 is 1. The Balaban J connectivity index is 4.30. The summed E-state index contributed by atoms with van der Waals surface area (Å²) >= 11 is 0. The van der Waals surface area contributed by atoms with Crippen molar-refractivity contribution in [2.45, 2.75) is 77.2 Å². The van der Waals surface area contributed by atoms with E-state index in [0.717, 1.165) is 37.0 Å². The highest BCUT2D eigenvalue weighted by molar-refractivity contribution is 5.92. The molecular weight excluding hydrogens is 388 g/mol. The molecule has 0 saturated carbocycles. The van der Waals surface area contributed by atoms with Crippen LogP contribution in [-0.4, -0.2) is 78.9 Å². The molecule has 0 aliphatic heterocycles. The van der Waals surface area contributed by atoms with E-state index in [1.807, 2.05) is 6.92 Å². The van der Waals surface area contributed by atoms with Gasteiger partial charge in [-0.1, -0.05) is 26.7 Å². The third-order valence-electron chi connectivity index (χ3n) is 4.70. The molecule has 0 fully saturated rings. The minimum atomic E-state index is -1.43. The number of amides is 2. The fraction of sp³-hybridized carbons (Fsp3) is 0.762. The number of ether oxygens (including phenoxy) is 1. The molecule has 0 aromatic carbocycles. The van der Waals surface area contributed by atoms with Gasteiger partial charge in [0.25, 0.3) is 0 Å². The van der Waals surface area contributed by atoms with Gasteiger partial charge in [-0.05, 0) is 31.8 Å². The fourth-order valence-corrected chi connectivity index (χ4v) is 2.79. The van der Waals surface area contributed by atoms with Gasteiger partial charge in [-0.3, -0.25) is 19.5 Å². The standard InChI is InChI=1S/C21H40N4O5/c1-5-7-8-11-19(27)24-14-10-9-13-23-18(22-3)12-15-25(16-26)21(29)20(28)17(6-2)30-4/h12,15-17,20-21,28-29H,5-11,13-14H2,1-4H3,(H,22,23)(H,24,27)/b15-12-. The van der Waals surface area contributed by atoms with E-state index < -0.39 is 18.4 Å². The summed E-state index contributed by atoms with van der Waals surface area (Å²) in [5.74, 6) is 0.634. The molecule has 3 unspecified atom stereocenters. The van der Waals surface area contributed by atoms with Gasteiger partial charge in [0.2, 0.25) is 12.3 Å². The normalized spacial score (nSPS) is 14.9. The van der Waals surface area contributed by atoms with Crippen LogP contribution in [0.3, 0.4) is 0 Å². The molecule has 0 bridgehead atoms. The maximum absolute atomic E-state index is 11.6. The van der Waals surface area contributed by atoms with Crippen molar-refractivity contribution in [2.24, 2.45) is 4.99 Å². The van der Waals surface area contributed by atoms with Gasteiger partial charge in [-0.2, -0.15) is 0 Å². The summed E-state index contributed by atoms with van der Waals surface area (Å²) in [5, 5.41) is 26.4. The number of hydrogen-bond donors (Lipinski definition) is 4. The summed E-state index contributed by atoms with van der Waals surface area (Å²) in [5.41, 5.74) is 0. The topological polar surface area (TPSA) is 123 Å². The van der Waals surface area contributed by atoms with Gasteiger partial charge in [-0.15, -0.1) is 0 Å². The summed E-state index contributed by atoms with van der Waals surface area (Å²) in [6.07, 6.45) is 5.96. The molecule has 0 heterocycles. The number of rotatable bonds is 17. The molecule has 30 heavy (non-hydrogen) atoms. The molecule has 9 heteroatoms. The predicted molar refractivity (Wildman–Crippen MR) is 118 cm³/mol. The van der Waals surface area contributed by atoms with Crippen molar-refractivity contribution in [1.82, 2.24) is 15.5 Å². The average molecular weight is 429 g/mol. The van der Waals surface area contributed by atoms with Gasteiger partial charge in [0.1, 0.15) is 11.9 Å². The largest absolute Gasteiger partial charge is 0.386 e. The van der Waals surface area contributed by atoms with E-state index in [1.165, 1.54) is 13.3 Å². The minimum Gasteiger partial charge on any atom is -0.386 e. The van der Waals surface area contributed by atoms with Crippen LogP contribution < -0.4 is 10.6 Å². The number of carbonyl (C=O) groups is 2. The number of aliphatic hydroxyl groups is 2. The summed E-state index contributed by atoms with van der Waals surface area (Å²) < 4.78 is 5.11. The van der Waals surface area contributed by atoms with Crippen molar-refractivity contribution in [3.63, 3.8) is 0 Å². The van der Waals surface area contributed by atoms with E-state index in [-0.39, 0.29) is 5.91 Å². The third kappa shape index (κ3) is 11.9. The van der Waals surface area contributed by atoms with Crippen LogP contribution in [0.2, 0.25) is 0 Å². The molecule has 0 aliphatic rings. The Hall–Kier alpha value is -1.97. The van der Waals surface area contributed by atoms with Crippen molar-refractivity contribution < 1.29 is 24.5 Å². The van der Waals surface area contributed by atoms with Gasteiger partial charge in [-0.25, -0.2) is 0 Å². The Morgan fingerprint density at radius 3 is 2.33 bits per heavy atom. The van der Waals surface area contributed by atoms with Crippen LogP contribution in [0.1, 0.15) is 58.8 Å². The SMILES string of the molecule is CCCCCC(=O)NCCCCNC(/C=C\N(C=O)C(O)C(O)C(CC)OC)=NC. The van der Waals surface area contributed by atoms with E-state index in [0.29, 0.717) is 38.2 Å². The molecule has 3 atom stereocenters. The highest BCUT2D eigenvalue weighted by Gasteiger charge is 2.28. The van der Waals surface area contributed by atoms with Crippen LogP contribution in [0.15, 0.2) is 17.3 Å². The van der Waals surface area contributed by atoms with E-state index in [4.69, 9.17) is 4.74 Å². The zero-order valence-corrected chi connectivity index (χ0v) is 18.8. The molecule has 0 radical (unpaired) electrons. The van der Waals surface area contributed by atoms with Crippen molar-refractivity contribution in [2.75, 3.05) is 27.2 Å². The Morgan fingerprint density at radius 2 is 1.80 bits per heavy atom. The molecule has 0 rings (SSSR count). The van der Waals surface area contributed by atoms with Gasteiger partial charge in [0.05, 0.1) is 6.10 Å². The monoisotopic (exact) mass is 428 g/mol. The van der Waals surface area contributed by atoms with E-state index in [1.54, 1.807) is 13.1 Å². The smallest absolute Gasteiger partial charge is 0.219 e. The number of nitrogens with zero attached hydrogens (tertiary/aromatic N) is 2. The Kier molecular flexibility index (Phi) is 16.7. The summed E-state index contributed by atoms with van der Waals surface area (Å²) in [6.45, 7) is 5.21. The Morgan fingerprint density at radius 1 is 1.13 bits per heavy atom. The van der Waals surface area contributed by atoms with Crippen LogP contribution in [-0.2, 0) is 14.3 Å². The highest BCUT2D eigenvalue weighted by atomic mass is 16.5. The maximum atomic E-state index is 11.6. The molecule has 0 aromatic rings. The quantitative estimate of drug-likeness (QED) is 0.0906. The van der Waals surface area contributed by atoms with Crippen LogP contribution in [0.4, 0.5) is 0 Å². The van der Waals surface area contributed by atoms with Crippen molar-refractivity contribution in [1.29, 1.82) is 0 Å². The molecule has 4 N–H and O–H groups in total. The third-order valence-corrected chi connectivity index (χ3v) is 4.70. The summed E-state index contributed by atoms with van der Waals surface area (Å²) in [7, 11) is 3.05. The van der Waals surface area contributed by atoms with E-state index in [9.17, 15) is 19.8 Å². The number of carbonyl (C=O) groups excluding carboxylic acids is 2. The first-order valence-electron chi connectivity index (χ1n) is 10.7. The van der Waals surface area contributed by atoms with Gasteiger partial charge >= 0.3 is 0 Å². The lowest BCUT2D eigenvalue weighted by Gasteiger charge is -2.29. The van der Waals surface area contributed by atoms with Gasteiger partial charge < -0.3 is 25.6 Å². The summed E-state index contributed by atoms with van der Waals surface area (Å²) in [6, 6.07) is 0. The van der Waals surface area contributed by atoms with Crippen LogP contribution in [0.25, 0.3) is 0 Å². The zero-order valence-electron chi connectivity index (χ0n) is 18.8. The second-order valence-corrected chi connectivity index (χ2v) is 7.00. The highest BCUT2D eigenvalue weighted by Crippen LogP contribution is 2.10. The zero-order chi connectivity index (χ0) is 22.8. The number of amidine groups is 1. The molecule has 0 spiro atoms. The minimum absolute atomic E-state index is 0.101. The first-order valence-corrected chi connectivity index (χ1v) is 10.7. The van der Waals surface area contributed by atoms with E-state index in [2.05, 4.69) is 22.5 Å².